The number of hydrogen-bond donors (Lipinski definition) is 0. The van der Waals surface area contributed by atoms with Gasteiger partial charge in [0, 0.05) is 37.8 Å². The Labute approximate surface area is 181 Å². The molecule has 5 heterocycles. The number of hydrogen-bond acceptors (Lipinski definition) is 7. The Morgan fingerprint density at radius 1 is 1.26 bits per heavy atom. The Morgan fingerprint density at radius 3 is 2.77 bits per heavy atom. The molecule has 7 heteroatoms. The minimum atomic E-state index is -0.378. The molecular formula is C24H28N2O5. The summed E-state index contributed by atoms with van der Waals surface area (Å²) in [5.41, 5.74) is 2.89. The second kappa shape index (κ2) is 6.31. The SMILES string of the molecule is COc1ccc2c(c1)C13CC4C(C5CC(C1=N2)N4C(C)C5COC(C)=O)C3OC(C)=O. The molecule has 1 saturated carbocycles. The summed E-state index contributed by atoms with van der Waals surface area (Å²) < 4.78 is 17.2. The number of aliphatic imine (C=N–C) groups is 1. The molecule has 1 aromatic carbocycles. The lowest BCUT2D eigenvalue weighted by Crippen LogP contribution is -2.70. The third-order valence-electron chi connectivity index (χ3n) is 8.65. The van der Waals surface area contributed by atoms with Crippen LogP contribution in [0, 0.1) is 17.8 Å². The van der Waals surface area contributed by atoms with Gasteiger partial charge >= 0.3 is 11.9 Å². The van der Waals surface area contributed by atoms with Crippen LogP contribution in [0.5, 0.6) is 5.75 Å². The molecule has 0 amide bonds. The van der Waals surface area contributed by atoms with Crippen LogP contribution < -0.4 is 4.74 Å². The van der Waals surface area contributed by atoms with Crippen LogP contribution in [0.4, 0.5) is 5.69 Å². The van der Waals surface area contributed by atoms with Crippen molar-refractivity contribution >= 4 is 23.3 Å². The molecule has 9 unspecified atom stereocenters. The summed E-state index contributed by atoms with van der Waals surface area (Å²) in [4.78, 5) is 31.6. The molecule has 164 valence electrons. The normalized spacial score (nSPS) is 42.6. The average molecular weight is 424 g/mol. The standard InChI is InChI=1S/C24H28N2O5/c1-11-16(10-30-12(2)27)15-8-19-22-24(17-7-14(29-4)5-6-18(17)25-22)9-20(26(11)19)21(15)23(24)31-13(3)28/h5-7,11,15-16,19-21,23H,8-10H2,1-4H3. The van der Waals surface area contributed by atoms with E-state index >= 15 is 0 Å². The molecule has 0 radical (unpaired) electrons. The minimum absolute atomic E-state index is 0.210. The topological polar surface area (TPSA) is 77.4 Å². The van der Waals surface area contributed by atoms with E-state index in [2.05, 4.69) is 17.9 Å². The summed E-state index contributed by atoms with van der Waals surface area (Å²) in [5.74, 6) is 1.09. The number of methoxy groups -OCH3 is 1. The average Bonchev–Trinajstić information content (AvgIpc) is 3.19. The smallest absolute Gasteiger partial charge is 0.302 e. The highest BCUT2D eigenvalue weighted by Gasteiger charge is 2.75. The van der Waals surface area contributed by atoms with Crippen molar-refractivity contribution in [3.63, 3.8) is 0 Å². The lowest BCUT2D eigenvalue weighted by atomic mass is 9.62. The van der Waals surface area contributed by atoms with Gasteiger partial charge in [0.1, 0.15) is 11.9 Å². The van der Waals surface area contributed by atoms with Crippen molar-refractivity contribution in [3.8, 4) is 5.75 Å². The van der Waals surface area contributed by atoms with Crippen molar-refractivity contribution in [2.45, 2.75) is 63.3 Å². The molecule has 7 rings (SSSR count). The summed E-state index contributed by atoms with van der Waals surface area (Å²) >= 11 is 0. The van der Waals surface area contributed by atoms with Crippen LogP contribution in [0.15, 0.2) is 23.2 Å². The third kappa shape index (κ3) is 2.30. The van der Waals surface area contributed by atoms with Gasteiger partial charge < -0.3 is 14.2 Å². The zero-order chi connectivity index (χ0) is 21.7. The highest BCUT2D eigenvalue weighted by atomic mass is 16.5. The van der Waals surface area contributed by atoms with E-state index in [0.717, 1.165) is 35.6 Å². The summed E-state index contributed by atoms with van der Waals surface area (Å²) in [6.07, 6.45) is 1.63. The van der Waals surface area contributed by atoms with E-state index in [0.29, 0.717) is 24.6 Å². The van der Waals surface area contributed by atoms with Gasteiger partial charge in [0.05, 0.1) is 36.6 Å². The van der Waals surface area contributed by atoms with Crippen LogP contribution >= 0.6 is 0 Å². The molecular weight excluding hydrogens is 396 g/mol. The first-order chi connectivity index (χ1) is 14.9. The molecule has 5 bridgehead atoms. The zero-order valence-corrected chi connectivity index (χ0v) is 18.3. The largest absolute Gasteiger partial charge is 0.497 e. The second-order valence-corrected chi connectivity index (χ2v) is 9.80. The molecule has 5 aliphatic heterocycles. The van der Waals surface area contributed by atoms with Gasteiger partial charge in [0.15, 0.2) is 0 Å². The molecule has 31 heavy (non-hydrogen) atoms. The first kappa shape index (κ1) is 19.3. The third-order valence-corrected chi connectivity index (χ3v) is 8.65. The lowest BCUT2D eigenvalue weighted by Gasteiger charge is -2.61. The Morgan fingerprint density at radius 2 is 2.06 bits per heavy atom. The van der Waals surface area contributed by atoms with Gasteiger partial charge in [-0.2, -0.15) is 0 Å². The van der Waals surface area contributed by atoms with Crippen LogP contribution in [-0.2, 0) is 24.5 Å². The number of esters is 2. The summed E-state index contributed by atoms with van der Waals surface area (Å²) in [6, 6.07) is 6.94. The number of nitrogens with zero attached hydrogens (tertiary/aromatic N) is 2. The second-order valence-electron chi connectivity index (χ2n) is 9.80. The van der Waals surface area contributed by atoms with Crippen molar-refractivity contribution in [2.24, 2.45) is 22.7 Å². The molecule has 6 aliphatic rings. The summed E-state index contributed by atoms with van der Waals surface area (Å²) in [7, 11) is 1.68. The van der Waals surface area contributed by atoms with E-state index in [1.54, 1.807) is 7.11 Å². The molecule has 0 aromatic heterocycles. The van der Waals surface area contributed by atoms with E-state index in [1.807, 2.05) is 12.1 Å². The highest BCUT2D eigenvalue weighted by Crippen LogP contribution is 2.67. The van der Waals surface area contributed by atoms with Crippen molar-refractivity contribution in [1.82, 2.24) is 4.90 Å². The predicted molar refractivity (Wildman–Crippen MR) is 113 cm³/mol. The maximum absolute atomic E-state index is 12.3. The van der Waals surface area contributed by atoms with Crippen LogP contribution in [-0.4, -0.2) is 60.5 Å². The maximum Gasteiger partial charge on any atom is 0.302 e. The van der Waals surface area contributed by atoms with Gasteiger partial charge in [0.2, 0.25) is 0 Å². The van der Waals surface area contributed by atoms with Gasteiger partial charge in [-0.25, -0.2) is 0 Å². The van der Waals surface area contributed by atoms with Gasteiger partial charge in [-0.1, -0.05) is 0 Å². The highest BCUT2D eigenvalue weighted by molar-refractivity contribution is 6.08. The first-order valence-electron chi connectivity index (χ1n) is 11.2. The van der Waals surface area contributed by atoms with Gasteiger partial charge in [-0.3, -0.25) is 19.5 Å². The van der Waals surface area contributed by atoms with Crippen molar-refractivity contribution in [1.29, 1.82) is 0 Å². The van der Waals surface area contributed by atoms with Crippen LogP contribution in [0.2, 0.25) is 0 Å². The summed E-state index contributed by atoms with van der Waals surface area (Å²) in [5, 5.41) is 0. The number of ether oxygens (including phenoxy) is 3. The fraction of sp³-hybridized carbons (Fsp3) is 0.625. The van der Waals surface area contributed by atoms with E-state index in [1.165, 1.54) is 13.8 Å². The Bertz CT molecular complexity index is 1020. The Kier molecular flexibility index (Phi) is 3.93. The molecule has 7 nitrogen and oxygen atoms in total. The number of fused-ring (bicyclic) bond motifs is 2. The number of rotatable bonds is 4. The Hall–Kier alpha value is -2.41. The maximum atomic E-state index is 12.3. The molecule has 4 saturated heterocycles. The quantitative estimate of drug-likeness (QED) is 0.692. The summed E-state index contributed by atoms with van der Waals surface area (Å²) in [6.45, 7) is 5.64. The number of piperidine rings is 4. The monoisotopic (exact) mass is 424 g/mol. The fourth-order valence-electron chi connectivity index (χ4n) is 7.76. The van der Waals surface area contributed by atoms with Crippen molar-refractivity contribution in [3.05, 3.63) is 23.8 Å². The van der Waals surface area contributed by atoms with Crippen molar-refractivity contribution < 1.29 is 23.8 Å². The van der Waals surface area contributed by atoms with Crippen molar-refractivity contribution in [2.75, 3.05) is 13.7 Å². The minimum Gasteiger partial charge on any atom is -0.497 e. The molecule has 1 aromatic rings. The lowest BCUT2D eigenvalue weighted by molar-refractivity contribution is -0.165. The van der Waals surface area contributed by atoms with E-state index in [4.69, 9.17) is 19.2 Å². The van der Waals surface area contributed by atoms with Gasteiger partial charge in [0.25, 0.3) is 0 Å². The van der Waals surface area contributed by atoms with E-state index < -0.39 is 0 Å². The fourth-order valence-corrected chi connectivity index (χ4v) is 7.76. The first-order valence-corrected chi connectivity index (χ1v) is 11.2. The van der Waals surface area contributed by atoms with E-state index in [9.17, 15) is 9.59 Å². The van der Waals surface area contributed by atoms with Crippen LogP contribution in [0.3, 0.4) is 0 Å². The molecule has 0 N–H and O–H groups in total. The van der Waals surface area contributed by atoms with Crippen LogP contribution in [0.25, 0.3) is 0 Å². The number of benzene rings is 1. The number of carbonyl (C=O) groups excluding carboxylic acids is 2. The Balaban J connectivity index is 1.50. The van der Waals surface area contributed by atoms with E-state index in [-0.39, 0.29) is 41.3 Å². The predicted octanol–water partition coefficient (Wildman–Crippen LogP) is 2.62. The molecule has 5 fully saturated rings. The molecule has 1 aliphatic carbocycles. The molecule has 1 spiro atoms. The van der Waals surface area contributed by atoms with Gasteiger partial charge in [-0.15, -0.1) is 0 Å². The molecule has 9 atom stereocenters. The zero-order valence-electron chi connectivity index (χ0n) is 18.3. The van der Waals surface area contributed by atoms with Crippen LogP contribution in [0.1, 0.15) is 39.2 Å². The number of carbonyl (C=O) groups is 2. The van der Waals surface area contributed by atoms with Gasteiger partial charge in [-0.05, 0) is 49.4 Å².